The molecule has 6 heteroatoms. The minimum absolute atomic E-state index is 0.0525. The zero-order chi connectivity index (χ0) is 24.2. The monoisotopic (exact) mass is 477 g/mol. The lowest BCUT2D eigenvalue weighted by Crippen LogP contribution is -2.40. The average Bonchev–Trinajstić information content (AvgIpc) is 2.80. The third kappa shape index (κ3) is 5.73. The van der Waals surface area contributed by atoms with Gasteiger partial charge < -0.3 is 15.1 Å². The molecule has 34 heavy (non-hydrogen) atoms. The van der Waals surface area contributed by atoms with E-state index in [9.17, 15) is 9.59 Å². The van der Waals surface area contributed by atoms with Gasteiger partial charge in [-0.2, -0.15) is 0 Å². The number of carbonyl (C=O) groups is 2. The van der Waals surface area contributed by atoms with Gasteiger partial charge in [-0.25, -0.2) is 0 Å². The number of fused-ring (bicyclic) bond motifs is 1. The van der Waals surface area contributed by atoms with Crippen LogP contribution in [0.1, 0.15) is 48.2 Å². The van der Waals surface area contributed by atoms with E-state index in [1.807, 2.05) is 55.5 Å². The first kappa shape index (κ1) is 24.6. The average molecular weight is 478 g/mol. The van der Waals surface area contributed by atoms with Gasteiger partial charge >= 0.3 is 0 Å². The smallest absolute Gasteiger partial charge is 0.264 e. The largest absolute Gasteiger partial charge is 0.352 e. The highest BCUT2D eigenvalue weighted by molar-refractivity contribution is 8.04. The molecule has 2 aliphatic heterocycles. The van der Waals surface area contributed by atoms with Crippen LogP contribution in [0.4, 0.5) is 5.69 Å². The van der Waals surface area contributed by atoms with Crippen LogP contribution in [-0.2, 0) is 4.79 Å². The zero-order valence-corrected chi connectivity index (χ0v) is 21.5. The molecule has 2 aliphatic rings. The fourth-order valence-corrected chi connectivity index (χ4v) is 6.09. The summed E-state index contributed by atoms with van der Waals surface area (Å²) in [5, 5.41) is 3.05. The normalized spacial score (nSPS) is 22.1. The van der Waals surface area contributed by atoms with Gasteiger partial charge in [-0.1, -0.05) is 49.9 Å². The number of likely N-dealkylation sites (N-methyl/N-ethyl adjacent to an activating group) is 1. The van der Waals surface area contributed by atoms with Crippen LogP contribution in [-0.4, -0.2) is 49.9 Å². The Morgan fingerprint density at radius 3 is 2.62 bits per heavy atom. The van der Waals surface area contributed by atoms with E-state index in [0.717, 1.165) is 59.6 Å². The van der Waals surface area contributed by atoms with Crippen molar-refractivity contribution in [1.29, 1.82) is 0 Å². The van der Waals surface area contributed by atoms with E-state index in [-0.39, 0.29) is 11.8 Å². The van der Waals surface area contributed by atoms with Gasteiger partial charge in [0, 0.05) is 37.1 Å². The number of amides is 2. The Morgan fingerprint density at radius 1 is 1.15 bits per heavy atom. The lowest BCUT2D eigenvalue weighted by molar-refractivity contribution is -0.114. The van der Waals surface area contributed by atoms with Crippen LogP contribution in [0.3, 0.4) is 0 Å². The van der Waals surface area contributed by atoms with Crippen LogP contribution in [0.15, 0.2) is 52.3 Å². The van der Waals surface area contributed by atoms with Crippen LogP contribution in [0, 0.1) is 18.8 Å². The highest BCUT2D eigenvalue weighted by atomic mass is 32.2. The summed E-state index contributed by atoms with van der Waals surface area (Å²) in [5.74, 6) is 1.36. The van der Waals surface area contributed by atoms with Crippen molar-refractivity contribution in [3.8, 4) is 0 Å². The highest BCUT2D eigenvalue weighted by Gasteiger charge is 2.27. The van der Waals surface area contributed by atoms with E-state index in [1.165, 1.54) is 18.2 Å². The second kappa shape index (κ2) is 10.8. The van der Waals surface area contributed by atoms with Crippen molar-refractivity contribution >= 4 is 35.3 Å². The molecule has 0 spiro atoms. The van der Waals surface area contributed by atoms with Crippen LogP contribution < -0.4 is 10.2 Å². The first-order valence-corrected chi connectivity index (χ1v) is 13.0. The Balaban J connectivity index is 1.37. The molecule has 1 N–H and O–H groups in total. The van der Waals surface area contributed by atoms with Crippen molar-refractivity contribution < 1.29 is 9.59 Å². The van der Waals surface area contributed by atoms with Crippen LogP contribution in [0.5, 0.6) is 0 Å². The van der Waals surface area contributed by atoms with E-state index >= 15 is 0 Å². The third-order valence-corrected chi connectivity index (χ3v) is 7.75. The summed E-state index contributed by atoms with van der Waals surface area (Å²) in [4.78, 5) is 31.6. The number of nitrogens with zero attached hydrogens (tertiary/aromatic N) is 2. The summed E-state index contributed by atoms with van der Waals surface area (Å²) < 4.78 is 0. The lowest BCUT2D eigenvalue weighted by Gasteiger charge is -2.34. The summed E-state index contributed by atoms with van der Waals surface area (Å²) in [5.41, 5.74) is 3.54. The van der Waals surface area contributed by atoms with Gasteiger partial charge in [-0.15, -0.1) is 0 Å². The predicted molar refractivity (Wildman–Crippen MR) is 141 cm³/mol. The van der Waals surface area contributed by atoms with Gasteiger partial charge in [0.15, 0.2) is 0 Å². The number of likely N-dealkylation sites (tertiary alicyclic amines) is 1. The van der Waals surface area contributed by atoms with Crippen LogP contribution in [0.2, 0.25) is 0 Å². The van der Waals surface area contributed by atoms with Gasteiger partial charge in [0.05, 0.1) is 10.6 Å². The fourth-order valence-electron chi connectivity index (χ4n) is 5.01. The number of nitrogens with one attached hydrogen (secondary N) is 1. The molecule has 2 amide bonds. The van der Waals surface area contributed by atoms with Crippen molar-refractivity contribution in [3.05, 3.63) is 64.1 Å². The SMILES string of the molecule is Cc1ccccc1/C=C1\Sc2ccc(C(=O)NCCCN3CC(C)CC(C)C3)cc2N(C)C1=O. The van der Waals surface area contributed by atoms with Gasteiger partial charge in [0.1, 0.15) is 0 Å². The molecule has 5 nitrogen and oxygen atoms in total. The van der Waals surface area contributed by atoms with Crippen LogP contribution >= 0.6 is 11.8 Å². The number of rotatable bonds is 6. The Hall–Kier alpha value is -2.57. The van der Waals surface area contributed by atoms with Crippen molar-refractivity contribution in [1.82, 2.24) is 10.2 Å². The van der Waals surface area contributed by atoms with Crippen LogP contribution in [0.25, 0.3) is 6.08 Å². The number of aryl methyl sites for hydroxylation is 1. The summed E-state index contributed by atoms with van der Waals surface area (Å²) in [6.07, 6.45) is 4.20. The summed E-state index contributed by atoms with van der Waals surface area (Å²) in [6, 6.07) is 13.7. The maximum atomic E-state index is 13.0. The molecule has 2 unspecified atom stereocenters. The second-order valence-corrected chi connectivity index (χ2v) is 10.9. The molecule has 2 atom stereocenters. The second-order valence-electron chi connectivity index (χ2n) is 9.83. The Bertz CT molecular complexity index is 1090. The number of hydrogen-bond donors (Lipinski definition) is 1. The maximum Gasteiger partial charge on any atom is 0.264 e. The molecule has 2 heterocycles. The molecule has 2 aromatic carbocycles. The van der Waals surface area contributed by atoms with E-state index < -0.39 is 0 Å². The number of carbonyl (C=O) groups excluding carboxylic acids is 2. The molecule has 1 fully saturated rings. The summed E-state index contributed by atoms with van der Waals surface area (Å²) in [6.45, 7) is 10.7. The molecule has 4 rings (SSSR count). The molecular weight excluding hydrogens is 442 g/mol. The lowest BCUT2D eigenvalue weighted by atomic mass is 9.92. The topological polar surface area (TPSA) is 52.7 Å². The summed E-state index contributed by atoms with van der Waals surface area (Å²) in [7, 11) is 1.77. The quantitative estimate of drug-likeness (QED) is 0.459. The van der Waals surface area contributed by atoms with Crippen molar-refractivity contribution in [2.24, 2.45) is 11.8 Å². The van der Waals surface area contributed by atoms with Gasteiger partial charge in [0.25, 0.3) is 11.8 Å². The Labute approximate surface area is 207 Å². The van der Waals surface area contributed by atoms with E-state index in [0.29, 0.717) is 17.0 Å². The molecular formula is C28H35N3O2S. The maximum absolute atomic E-state index is 13.0. The first-order valence-electron chi connectivity index (χ1n) is 12.2. The minimum Gasteiger partial charge on any atom is -0.352 e. The number of piperidine rings is 1. The molecule has 0 saturated carbocycles. The van der Waals surface area contributed by atoms with Gasteiger partial charge in [-0.05, 0) is 73.5 Å². The minimum atomic E-state index is -0.0877. The predicted octanol–water partition coefficient (Wildman–Crippen LogP) is 5.20. The number of thioether (sulfide) groups is 1. The van der Waals surface area contributed by atoms with Crippen molar-refractivity contribution in [3.63, 3.8) is 0 Å². The number of benzene rings is 2. The molecule has 0 bridgehead atoms. The zero-order valence-electron chi connectivity index (χ0n) is 20.6. The number of anilines is 1. The molecule has 0 aliphatic carbocycles. The Morgan fingerprint density at radius 2 is 1.88 bits per heavy atom. The number of hydrogen-bond acceptors (Lipinski definition) is 4. The summed E-state index contributed by atoms with van der Waals surface area (Å²) >= 11 is 1.46. The van der Waals surface area contributed by atoms with E-state index in [4.69, 9.17) is 0 Å². The van der Waals surface area contributed by atoms with E-state index in [1.54, 1.807) is 11.9 Å². The Kier molecular flexibility index (Phi) is 7.79. The third-order valence-electron chi connectivity index (χ3n) is 6.67. The van der Waals surface area contributed by atoms with Gasteiger partial charge in [0.2, 0.25) is 0 Å². The first-order chi connectivity index (χ1) is 16.3. The standard InChI is InChI=1S/C28H35N3O2S/c1-19-14-20(2)18-31(17-19)13-7-12-29-27(32)23-10-11-25-24(15-23)30(4)28(33)26(34-25)16-22-9-6-5-8-21(22)3/h5-6,8-11,15-16,19-20H,7,12-14,17-18H2,1-4H3,(H,29,32)/b26-16-. The molecule has 0 radical (unpaired) electrons. The van der Waals surface area contributed by atoms with Crippen molar-refractivity contribution in [2.75, 3.05) is 38.1 Å². The highest BCUT2D eigenvalue weighted by Crippen LogP contribution is 2.42. The molecule has 1 saturated heterocycles. The van der Waals surface area contributed by atoms with E-state index in [2.05, 4.69) is 24.1 Å². The van der Waals surface area contributed by atoms with Gasteiger partial charge in [-0.3, -0.25) is 9.59 Å². The van der Waals surface area contributed by atoms with Crippen molar-refractivity contribution in [2.45, 2.75) is 38.5 Å². The fraction of sp³-hybridized carbons (Fsp3) is 0.429. The molecule has 180 valence electrons. The molecule has 0 aromatic heterocycles. The molecule has 2 aromatic rings.